The molecule has 2 atom stereocenters. The van der Waals surface area contributed by atoms with E-state index >= 15 is 0 Å². The minimum atomic E-state index is -1.40. The molecule has 2 rings (SSSR count). The van der Waals surface area contributed by atoms with E-state index in [1.54, 1.807) is 13.0 Å². The molecular formula is C15H22N2O2S. The average Bonchev–Trinajstić information content (AvgIpc) is 2.48. The summed E-state index contributed by atoms with van der Waals surface area (Å²) in [5.41, 5.74) is 7.41. The first kappa shape index (κ1) is 15.0. The molecular weight excluding hydrogens is 272 g/mol. The van der Waals surface area contributed by atoms with Crippen LogP contribution in [0.3, 0.4) is 0 Å². The van der Waals surface area contributed by atoms with Crippen LogP contribution < -0.4 is 5.73 Å². The molecule has 1 heterocycles. The Balaban J connectivity index is 2.15. The zero-order valence-corrected chi connectivity index (χ0v) is 12.9. The van der Waals surface area contributed by atoms with Crippen LogP contribution in [0, 0.1) is 6.92 Å². The van der Waals surface area contributed by atoms with Crippen molar-refractivity contribution in [3.8, 4) is 0 Å². The number of carbonyl (C=O) groups is 1. The van der Waals surface area contributed by atoms with Gasteiger partial charge in [-0.25, -0.2) is 0 Å². The molecule has 2 N–H and O–H groups in total. The van der Waals surface area contributed by atoms with Crippen LogP contribution in [0.25, 0.3) is 0 Å². The van der Waals surface area contributed by atoms with Crippen LogP contribution in [-0.2, 0) is 15.6 Å². The Morgan fingerprint density at radius 3 is 2.60 bits per heavy atom. The van der Waals surface area contributed by atoms with Crippen molar-refractivity contribution in [2.75, 3.05) is 18.8 Å². The van der Waals surface area contributed by atoms with Crippen LogP contribution in [-0.4, -0.2) is 33.4 Å². The van der Waals surface area contributed by atoms with E-state index in [9.17, 15) is 9.00 Å². The SMILES string of the molecule is Cc1cccc(S(=O)C(C)C(=O)N2CCCCC2)c1N. The first-order valence-corrected chi connectivity index (χ1v) is 8.28. The van der Waals surface area contributed by atoms with Crippen molar-refractivity contribution in [3.63, 3.8) is 0 Å². The summed E-state index contributed by atoms with van der Waals surface area (Å²) in [6.45, 7) is 5.18. The van der Waals surface area contributed by atoms with Crippen LogP contribution in [0.4, 0.5) is 5.69 Å². The van der Waals surface area contributed by atoms with Crippen LogP contribution >= 0.6 is 0 Å². The van der Waals surface area contributed by atoms with Gasteiger partial charge in [-0.1, -0.05) is 12.1 Å². The number of carbonyl (C=O) groups excluding carboxylic acids is 1. The molecule has 5 heteroatoms. The third-order valence-corrected chi connectivity index (χ3v) is 5.47. The first-order chi connectivity index (χ1) is 9.52. The number of amides is 1. The maximum Gasteiger partial charge on any atom is 0.238 e. The van der Waals surface area contributed by atoms with E-state index in [-0.39, 0.29) is 5.91 Å². The number of nitrogens with zero attached hydrogens (tertiary/aromatic N) is 1. The number of nitrogen functional groups attached to an aromatic ring is 1. The van der Waals surface area contributed by atoms with E-state index in [1.165, 1.54) is 6.42 Å². The second kappa shape index (κ2) is 6.39. The standard InChI is InChI=1S/C15H22N2O2S/c1-11-7-6-8-13(14(11)16)20(19)12(2)15(18)17-9-4-3-5-10-17/h6-8,12H,3-5,9-10,16H2,1-2H3. The zero-order chi connectivity index (χ0) is 14.7. The largest absolute Gasteiger partial charge is 0.398 e. The molecule has 0 aliphatic carbocycles. The van der Waals surface area contributed by atoms with Crippen LogP contribution in [0.1, 0.15) is 31.7 Å². The van der Waals surface area contributed by atoms with E-state index in [0.717, 1.165) is 31.5 Å². The Morgan fingerprint density at radius 2 is 1.95 bits per heavy atom. The van der Waals surface area contributed by atoms with Crippen molar-refractivity contribution in [2.45, 2.75) is 43.3 Å². The maximum atomic E-state index is 12.6. The molecule has 0 saturated carbocycles. The topological polar surface area (TPSA) is 63.4 Å². The highest BCUT2D eigenvalue weighted by atomic mass is 32.2. The zero-order valence-electron chi connectivity index (χ0n) is 12.1. The summed E-state index contributed by atoms with van der Waals surface area (Å²) >= 11 is 0. The Kier molecular flexibility index (Phi) is 4.81. The van der Waals surface area contributed by atoms with Gasteiger partial charge in [0.15, 0.2) is 0 Å². The number of hydrogen-bond donors (Lipinski definition) is 1. The lowest BCUT2D eigenvalue weighted by molar-refractivity contribution is -0.131. The van der Waals surface area contributed by atoms with Gasteiger partial charge in [0, 0.05) is 13.1 Å². The lowest BCUT2D eigenvalue weighted by Gasteiger charge is -2.29. The molecule has 0 radical (unpaired) electrons. The Hall–Kier alpha value is -1.36. The number of aryl methyl sites for hydroxylation is 1. The second-order valence-corrected chi connectivity index (χ2v) is 7.05. The summed E-state index contributed by atoms with van der Waals surface area (Å²) in [6.07, 6.45) is 3.25. The molecule has 0 aromatic heterocycles. The van der Waals surface area contributed by atoms with Crippen LogP contribution in [0.5, 0.6) is 0 Å². The second-order valence-electron chi connectivity index (χ2n) is 5.31. The molecule has 4 nitrogen and oxygen atoms in total. The van der Waals surface area contributed by atoms with Crippen molar-refractivity contribution in [1.29, 1.82) is 0 Å². The smallest absolute Gasteiger partial charge is 0.238 e. The minimum Gasteiger partial charge on any atom is -0.398 e. The number of hydrogen-bond acceptors (Lipinski definition) is 3. The van der Waals surface area contributed by atoms with E-state index < -0.39 is 16.0 Å². The Morgan fingerprint density at radius 1 is 1.30 bits per heavy atom. The molecule has 0 bridgehead atoms. The number of para-hydroxylation sites is 1. The van der Waals surface area contributed by atoms with Gasteiger partial charge in [0.25, 0.3) is 0 Å². The molecule has 1 fully saturated rings. The van der Waals surface area contributed by atoms with Crippen molar-refractivity contribution >= 4 is 22.4 Å². The average molecular weight is 294 g/mol. The van der Waals surface area contributed by atoms with Crippen LogP contribution in [0.15, 0.2) is 23.1 Å². The van der Waals surface area contributed by atoms with Crippen molar-refractivity contribution < 1.29 is 9.00 Å². The summed E-state index contributed by atoms with van der Waals surface area (Å²) in [7, 11) is -1.40. The quantitative estimate of drug-likeness (QED) is 0.868. The lowest BCUT2D eigenvalue weighted by Crippen LogP contribution is -2.42. The number of rotatable bonds is 3. The van der Waals surface area contributed by atoms with Gasteiger partial charge in [-0.2, -0.15) is 0 Å². The van der Waals surface area contributed by atoms with Crippen molar-refractivity contribution in [3.05, 3.63) is 23.8 Å². The summed E-state index contributed by atoms with van der Waals surface area (Å²) in [5.74, 6) is -0.0241. The highest BCUT2D eigenvalue weighted by Gasteiger charge is 2.28. The van der Waals surface area contributed by atoms with E-state index in [4.69, 9.17) is 5.73 Å². The summed E-state index contributed by atoms with van der Waals surface area (Å²) < 4.78 is 12.6. The summed E-state index contributed by atoms with van der Waals surface area (Å²) in [5, 5.41) is -0.544. The normalized spacial score (nSPS) is 18.6. The van der Waals surface area contributed by atoms with Gasteiger partial charge in [-0.15, -0.1) is 0 Å². The van der Waals surface area contributed by atoms with E-state index in [2.05, 4.69) is 0 Å². The van der Waals surface area contributed by atoms with E-state index in [0.29, 0.717) is 10.6 Å². The Labute approximate surface area is 122 Å². The number of nitrogens with two attached hydrogens (primary N) is 1. The lowest BCUT2D eigenvalue weighted by atomic mass is 10.1. The molecule has 1 aliphatic heterocycles. The molecule has 1 aliphatic rings. The highest BCUT2D eigenvalue weighted by molar-refractivity contribution is 7.86. The summed E-state index contributed by atoms with van der Waals surface area (Å²) in [6, 6.07) is 5.46. The molecule has 2 unspecified atom stereocenters. The van der Waals surface area contributed by atoms with Gasteiger partial charge < -0.3 is 10.6 Å². The monoisotopic (exact) mass is 294 g/mol. The molecule has 0 spiro atoms. The predicted octanol–water partition coefficient (Wildman–Crippen LogP) is 2.09. The first-order valence-electron chi connectivity index (χ1n) is 7.07. The fourth-order valence-corrected chi connectivity index (χ4v) is 3.79. The van der Waals surface area contributed by atoms with Gasteiger partial charge >= 0.3 is 0 Å². The van der Waals surface area contributed by atoms with Crippen molar-refractivity contribution in [2.24, 2.45) is 0 Å². The van der Waals surface area contributed by atoms with Crippen molar-refractivity contribution in [1.82, 2.24) is 4.90 Å². The Bertz CT molecular complexity index is 525. The fourth-order valence-electron chi connectivity index (χ4n) is 2.48. The van der Waals surface area contributed by atoms with Crippen LogP contribution in [0.2, 0.25) is 0 Å². The van der Waals surface area contributed by atoms with Gasteiger partial charge in [0.1, 0.15) is 5.25 Å². The fraction of sp³-hybridized carbons (Fsp3) is 0.533. The van der Waals surface area contributed by atoms with Gasteiger partial charge in [-0.3, -0.25) is 9.00 Å². The highest BCUT2D eigenvalue weighted by Crippen LogP contribution is 2.23. The third kappa shape index (κ3) is 3.03. The molecule has 1 saturated heterocycles. The molecule has 110 valence electrons. The maximum absolute atomic E-state index is 12.6. The molecule has 20 heavy (non-hydrogen) atoms. The number of anilines is 1. The number of piperidine rings is 1. The molecule has 1 amide bonds. The number of likely N-dealkylation sites (tertiary alicyclic amines) is 1. The predicted molar refractivity (Wildman–Crippen MR) is 81.9 cm³/mol. The minimum absolute atomic E-state index is 0.0241. The third-order valence-electron chi connectivity index (χ3n) is 3.84. The van der Waals surface area contributed by atoms with E-state index in [1.807, 2.05) is 24.0 Å². The van der Waals surface area contributed by atoms with Gasteiger partial charge in [0.2, 0.25) is 5.91 Å². The molecule has 1 aromatic carbocycles. The van der Waals surface area contributed by atoms with Gasteiger partial charge in [-0.05, 0) is 44.7 Å². The number of benzene rings is 1. The summed E-state index contributed by atoms with van der Waals surface area (Å²) in [4.78, 5) is 14.8. The van der Waals surface area contributed by atoms with Gasteiger partial charge in [0.05, 0.1) is 21.4 Å². The molecule has 1 aromatic rings.